The first-order valence-electron chi connectivity index (χ1n) is 31.5. The lowest BCUT2D eigenvalue weighted by Crippen LogP contribution is -2.30. The molecule has 0 bridgehead atoms. The van der Waals surface area contributed by atoms with Gasteiger partial charge in [-0.2, -0.15) is 0 Å². The molecule has 0 aromatic rings. The Kier molecular flexibility index (Phi) is 58.2. The molecule has 0 fully saturated rings. The summed E-state index contributed by atoms with van der Waals surface area (Å²) in [6.45, 7) is 6.66. The first-order chi connectivity index (χ1) is 35.0. The third kappa shape index (κ3) is 58.4. The van der Waals surface area contributed by atoms with Crippen LogP contribution in [-0.4, -0.2) is 37.2 Å². The maximum atomic E-state index is 12.9. The smallest absolute Gasteiger partial charge is 0.306 e. The van der Waals surface area contributed by atoms with Crippen molar-refractivity contribution in [2.45, 2.75) is 348 Å². The van der Waals surface area contributed by atoms with Gasteiger partial charge in [-0.3, -0.25) is 14.4 Å². The molecular formula is C65H120O6. The molecule has 6 heteroatoms. The third-order valence-corrected chi connectivity index (χ3v) is 14.1. The van der Waals surface area contributed by atoms with E-state index in [4.69, 9.17) is 14.2 Å². The largest absolute Gasteiger partial charge is 0.462 e. The predicted molar refractivity (Wildman–Crippen MR) is 307 cm³/mol. The number of carbonyl (C=O) groups excluding carboxylic acids is 3. The van der Waals surface area contributed by atoms with E-state index < -0.39 is 6.10 Å². The summed E-state index contributed by atoms with van der Waals surface area (Å²) in [5.74, 6) is -0.861. The lowest BCUT2D eigenvalue weighted by atomic mass is 10.0. The molecule has 0 N–H and O–H groups in total. The second-order valence-electron chi connectivity index (χ2n) is 21.4. The van der Waals surface area contributed by atoms with Gasteiger partial charge in [0.2, 0.25) is 0 Å². The summed E-state index contributed by atoms with van der Waals surface area (Å²) < 4.78 is 16.9. The maximum absolute atomic E-state index is 12.9. The molecular weight excluding hydrogens is 877 g/mol. The van der Waals surface area contributed by atoms with Crippen molar-refractivity contribution in [3.05, 3.63) is 36.5 Å². The van der Waals surface area contributed by atoms with Crippen LogP contribution in [0, 0.1) is 0 Å². The molecule has 0 aliphatic heterocycles. The van der Waals surface area contributed by atoms with Crippen LogP contribution in [0.15, 0.2) is 36.5 Å². The molecule has 0 aliphatic rings. The normalized spacial score (nSPS) is 12.2. The van der Waals surface area contributed by atoms with E-state index in [0.29, 0.717) is 19.3 Å². The van der Waals surface area contributed by atoms with Crippen molar-refractivity contribution in [3.63, 3.8) is 0 Å². The van der Waals surface area contributed by atoms with Crippen molar-refractivity contribution in [1.82, 2.24) is 0 Å². The van der Waals surface area contributed by atoms with Crippen LogP contribution in [0.4, 0.5) is 0 Å². The van der Waals surface area contributed by atoms with Gasteiger partial charge in [0.15, 0.2) is 6.10 Å². The lowest BCUT2D eigenvalue weighted by molar-refractivity contribution is -0.167. The summed E-state index contributed by atoms with van der Waals surface area (Å²) in [4.78, 5) is 38.3. The Morgan fingerprint density at radius 3 is 0.817 bits per heavy atom. The fourth-order valence-electron chi connectivity index (χ4n) is 9.37. The van der Waals surface area contributed by atoms with E-state index in [9.17, 15) is 14.4 Å². The van der Waals surface area contributed by atoms with Crippen LogP contribution in [0.2, 0.25) is 0 Å². The summed E-state index contributed by atoms with van der Waals surface area (Å²) in [5.41, 5.74) is 0. The van der Waals surface area contributed by atoms with Crippen LogP contribution in [-0.2, 0) is 28.6 Å². The Balaban J connectivity index is 4.35. The van der Waals surface area contributed by atoms with Gasteiger partial charge in [0.25, 0.3) is 0 Å². The lowest BCUT2D eigenvalue weighted by Gasteiger charge is -2.18. The van der Waals surface area contributed by atoms with E-state index in [1.54, 1.807) is 0 Å². The maximum Gasteiger partial charge on any atom is 0.306 e. The van der Waals surface area contributed by atoms with Crippen molar-refractivity contribution in [1.29, 1.82) is 0 Å². The fourth-order valence-corrected chi connectivity index (χ4v) is 9.37. The zero-order chi connectivity index (χ0) is 51.4. The first-order valence-corrected chi connectivity index (χ1v) is 31.5. The molecule has 71 heavy (non-hydrogen) atoms. The van der Waals surface area contributed by atoms with Gasteiger partial charge in [0.1, 0.15) is 13.2 Å². The molecule has 0 radical (unpaired) electrons. The second kappa shape index (κ2) is 60.2. The van der Waals surface area contributed by atoms with Gasteiger partial charge in [-0.25, -0.2) is 0 Å². The molecule has 0 saturated carbocycles. The zero-order valence-corrected chi connectivity index (χ0v) is 47.8. The Labute approximate surface area is 442 Å². The monoisotopic (exact) mass is 997 g/mol. The van der Waals surface area contributed by atoms with Crippen molar-refractivity contribution < 1.29 is 28.6 Å². The van der Waals surface area contributed by atoms with E-state index in [-0.39, 0.29) is 31.1 Å². The average Bonchev–Trinajstić information content (AvgIpc) is 3.37. The number of rotatable bonds is 58. The highest BCUT2D eigenvalue weighted by molar-refractivity contribution is 5.71. The average molecular weight is 998 g/mol. The summed E-state index contributed by atoms with van der Waals surface area (Å²) in [6.07, 6.45) is 72.8. The third-order valence-electron chi connectivity index (χ3n) is 14.1. The molecule has 0 heterocycles. The molecule has 0 spiro atoms. The van der Waals surface area contributed by atoms with Crippen LogP contribution < -0.4 is 0 Å². The molecule has 0 amide bonds. The number of unbranched alkanes of at least 4 members (excludes halogenated alkanes) is 42. The zero-order valence-electron chi connectivity index (χ0n) is 47.8. The Morgan fingerprint density at radius 1 is 0.282 bits per heavy atom. The minimum atomic E-state index is -0.776. The summed E-state index contributed by atoms with van der Waals surface area (Å²) >= 11 is 0. The highest BCUT2D eigenvalue weighted by Crippen LogP contribution is 2.17. The molecule has 1 unspecified atom stereocenters. The van der Waals surface area contributed by atoms with Gasteiger partial charge in [-0.15, -0.1) is 0 Å². The predicted octanol–water partition coefficient (Wildman–Crippen LogP) is 21.2. The number of esters is 3. The number of ether oxygens (including phenoxy) is 3. The van der Waals surface area contributed by atoms with Crippen molar-refractivity contribution >= 4 is 17.9 Å². The molecule has 0 aromatic heterocycles. The molecule has 0 aliphatic carbocycles. The molecule has 416 valence electrons. The topological polar surface area (TPSA) is 78.9 Å². The van der Waals surface area contributed by atoms with Gasteiger partial charge in [0.05, 0.1) is 0 Å². The SMILES string of the molecule is CCCCC/C=C\C=C/CCCCCCCCCCCCC(=O)OCC(COC(=O)CCCCCCCCCCCCCCCCCC)OC(=O)CCCCCCC/C=C\CCCCCCCCCCC. The Morgan fingerprint density at radius 2 is 0.507 bits per heavy atom. The van der Waals surface area contributed by atoms with Gasteiger partial charge >= 0.3 is 17.9 Å². The first kappa shape index (κ1) is 68.6. The van der Waals surface area contributed by atoms with Crippen LogP contribution in [0.1, 0.15) is 342 Å². The van der Waals surface area contributed by atoms with Crippen LogP contribution >= 0.6 is 0 Å². The highest BCUT2D eigenvalue weighted by Gasteiger charge is 2.19. The fraction of sp³-hybridized carbons (Fsp3) is 0.862. The minimum absolute atomic E-state index is 0.0722. The van der Waals surface area contributed by atoms with Gasteiger partial charge in [-0.05, 0) is 70.6 Å². The molecule has 6 nitrogen and oxygen atoms in total. The quantitative estimate of drug-likeness (QED) is 0.0199. The van der Waals surface area contributed by atoms with Crippen molar-refractivity contribution in [2.24, 2.45) is 0 Å². The van der Waals surface area contributed by atoms with E-state index in [1.807, 2.05) is 0 Å². The van der Waals surface area contributed by atoms with Crippen LogP contribution in [0.5, 0.6) is 0 Å². The van der Waals surface area contributed by atoms with Gasteiger partial charge < -0.3 is 14.2 Å². The molecule has 0 saturated heterocycles. The highest BCUT2D eigenvalue weighted by atomic mass is 16.6. The van der Waals surface area contributed by atoms with Crippen molar-refractivity contribution in [2.75, 3.05) is 13.2 Å². The number of hydrogen-bond acceptors (Lipinski definition) is 6. The standard InChI is InChI=1S/C65H120O6/c1-4-7-10-13-16-19-22-25-28-31-33-35-37-40-43-46-49-52-55-58-64(67)70-61-62(60-69-63(66)57-54-51-48-45-42-39-36-30-27-24-21-18-15-12-9-6-3)71-65(68)59-56-53-50-47-44-41-38-34-32-29-26-23-20-17-14-11-8-5-2/h16,19,22,25,34,38,62H,4-15,17-18,20-21,23-24,26-33,35-37,39-61H2,1-3H3/b19-16-,25-22-,38-34-. The Hall–Kier alpha value is -2.37. The number of allylic oxidation sites excluding steroid dienone is 6. The summed E-state index contributed by atoms with van der Waals surface area (Å²) in [6, 6.07) is 0. The molecule has 1 atom stereocenters. The van der Waals surface area contributed by atoms with E-state index in [0.717, 1.165) is 64.2 Å². The van der Waals surface area contributed by atoms with Crippen molar-refractivity contribution in [3.8, 4) is 0 Å². The van der Waals surface area contributed by atoms with Crippen LogP contribution in [0.25, 0.3) is 0 Å². The number of carbonyl (C=O) groups is 3. The summed E-state index contributed by atoms with van der Waals surface area (Å²) in [7, 11) is 0. The Bertz CT molecular complexity index is 1190. The molecule has 0 rings (SSSR count). The van der Waals surface area contributed by atoms with E-state index in [2.05, 4.69) is 57.2 Å². The van der Waals surface area contributed by atoms with E-state index >= 15 is 0 Å². The minimum Gasteiger partial charge on any atom is -0.462 e. The van der Waals surface area contributed by atoms with Gasteiger partial charge in [-0.1, -0.05) is 288 Å². The van der Waals surface area contributed by atoms with Crippen LogP contribution in [0.3, 0.4) is 0 Å². The van der Waals surface area contributed by atoms with E-state index in [1.165, 1.54) is 238 Å². The molecule has 0 aromatic carbocycles. The van der Waals surface area contributed by atoms with Gasteiger partial charge in [0, 0.05) is 19.3 Å². The summed E-state index contributed by atoms with van der Waals surface area (Å²) in [5, 5.41) is 0. The second-order valence-corrected chi connectivity index (χ2v) is 21.4. The number of hydrogen-bond donors (Lipinski definition) is 0.